The number of aryl methyl sites for hydroxylation is 1. The highest BCUT2D eigenvalue weighted by Gasteiger charge is 2.23. The second-order valence-corrected chi connectivity index (χ2v) is 4.78. The molecule has 0 saturated heterocycles. The van der Waals surface area contributed by atoms with Gasteiger partial charge in [-0.3, -0.25) is 0 Å². The topological polar surface area (TPSA) is 82.2 Å². The van der Waals surface area contributed by atoms with Gasteiger partial charge in [-0.15, -0.1) is 5.10 Å². The Kier molecular flexibility index (Phi) is 4.47. The van der Waals surface area contributed by atoms with E-state index in [1.165, 1.54) is 7.11 Å². The van der Waals surface area contributed by atoms with E-state index < -0.39 is 5.97 Å². The zero-order valence-corrected chi connectivity index (χ0v) is 12.5. The van der Waals surface area contributed by atoms with Crippen LogP contribution in [-0.2, 0) is 4.74 Å². The van der Waals surface area contributed by atoms with Crippen LogP contribution in [0.3, 0.4) is 0 Å². The van der Waals surface area contributed by atoms with Gasteiger partial charge in [-0.25, -0.2) is 9.48 Å². The van der Waals surface area contributed by atoms with Gasteiger partial charge in [0.2, 0.25) is 0 Å². The summed E-state index contributed by atoms with van der Waals surface area (Å²) in [5.41, 5.74) is 8.26. The Balaban J connectivity index is 2.52. The number of nitrogens with two attached hydrogens (primary N) is 1. The van der Waals surface area contributed by atoms with Gasteiger partial charge in [0.1, 0.15) is 11.4 Å². The number of ether oxygens (including phenoxy) is 1. The van der Waals surface area contributed by atoms with Crippen LogP contribution in [0.25, 0.3) is 5.69 Å². The first-order valence-corrected chi connectivity index (χ1v) is 6.86. The number of nitrogens with one attached hydrogen (secondary N) is 1. The molecule has 21 heavy (non-hydrogen) atoms. The average molecular weight is 288 g/mol. The lowest BCUT2D eigenvalue weighted by atomic mass is 10.2. The van der Waals surface area contributed by atoms with Crippen LogP contribution in [0.1, 0.15) is 29.3 Å². The first kappa shape index (κ1) is 14.9. The summed E-state index contributed by atoms with van der Waals surface area (Å²) in [7, 11) is 1.33. The summed E-state index contributed by atoms with van der Waals surface area (Å²) in [5, 5.41) is 7.52. The van der Waals surface area contributed by atoms with Gasteiger partial charge < -0.3 is 15.8 Å². The largest absolute Gasteiger partial charge is 0.465 e. The third-order valence-corrected chi connectivity index (χ3v) is 3.10. The van der Waals surface area contributed by atoms with E-state index >= 15 is 0 Å². The van der Waals surface area contributed by atoms with Crippen molar-refractivity contribution in [3.63, 3.8) is 0 Å². The highest BCUT2D eigenvalue weighted by Crippen LogP contribution is 2.26. The van der Waals surface area contributed by atoms with Crippen LogP contribution in [0.2, 0.25) is 0 Å². The second-order valence-electron chi connectivity index (χ2n) is 4.78. The lowest BCUT2D eigenvalue weighted by Gasteiger charge is -2.05. The summed E-state index contributed by atoms with van der Waals surface area (Å²) in [6.45, 7) is 4.72. The predicted octanol–water partition coefficient (Wildman–Crippen LogP) is 2.37. The van der Waals surface area contributed by atoms with Crippen LogP contribution in [0.5, 0.6) is 0 Å². The summed E-state index contributed by atoms with van der Waals surface area (Å²) < 4.78 is 6.35. The van der Waals surface area contributed by atoms with Gasteiger partial charge in [-0.1, -0.05) is 19.1 Å². The van der Waals surface area contributed by atoms with Crippen molar-refractivity contribution in [2.24, 2.45) is 0 Å². The van der Waals surface area contributed by atoms with Gasteiger partial charge in [0.05, 0.1) is 12.8 Å². The second kappa shape index (κ2) is 6.30. The predicted molar refractivity (Wildman–Crippen MR) is 82.8 cm³/mol. The normalized spacial score (nSPS) is 10.4. The zero-order chi connectivity index (χ0) is 15.4. The lowest BCUT2D eigenvalue weighted by Crippen LogP contribution is -2.09. The molecule has 1 aromatic heterocycles. The van der Waals surface area contributed by atoms with Gasteiger partial charge in [0.25, 0.3) is 0 Å². The van der Waals surface area contributed by atoms with Crippen molar-refractivity contribution >= 4 is 17.6 Å². The number of hydrogen-bond donors (Lipinski definition) is 2. The van der Waals surface area contributed by atoms with E-state index in [9.17, 15) is 4.79 Å². The first-order valence-electron chi connectivity index (χ1n) is 6.86. The fraction of sp³-hybridized carbons (Fsp3) is 0.333. The van der Waals surface area contributed by atoms with Crippen molar-refractivity contribution in [2.75, 3.05) is 24.7 Å². The van der Waals surface area contributed by atoms with Crippen molar-refractivity contribution in [2.45, 2.75) is 20.3 Å². The maximum absolute atomic E-state index is 11.9. The molecule has 1 heterocycles. The number of anilines is 2. The number of carbonyl (C=O) groups excluding carboxylic acids is 1. The standard InChI is InChI=1S/C15H20N4O2/c1-4-8-17-14-12(15(20)21-3)13(16)19(18-14)11-7-5-6-10(2)9-11/h5-7,9H,4,8,16H2,1-3H3,(H,17,18). The highest BCUT2D eigenvalue weighted by molar-refractivity contribution is 5.99. The number of methoxy groups -OCH3 is 1. The number of carbonyl (C=O) groups is 1. The third-order valence-electron chi connectivity index (χ3n) is 3.10. The monoisotopic (exact) mass is 288 g/mol. The Hall–Kier alpha value is -2.50. The molecule has 0 aliphatic heterocycles. The van der Waals surface area contributed by atoms with Gasteiger partial charge in [-0.2, -0.15) is 0 Å². The molecule has 0 unspecified atom stereocenters. The van der Waals surface area contributed by atoms with Crippen molar-refractivity contribution in [1.29, 1.82) is 0 Å². The zero-order valence-electron chi connectivity index (χ0n) is 12.5. The van der Waals surface area contributed by atoms with Crippen LogP contribution >= 0.6 is 0 Å². The van der Waals surface area contributed by atoms with E-state index in [0.717, 1.165) is 17.7 Å². The molecule has 112 valence electrons. The molecule has 0 saturated carbocycles. The molecule has 0 aliphatic carbocycles. The third kappa shape index (κ3) is 2.99. The van der Waals surface area contributed by atoms with Crippen LogP contribution in [0.4, 0.5) is 11.6 Å². The number of aromatic nitrogens is 2. The number of nitrogens with zero attached hydrogens (tertiary/aromatic N) is 2. The Morgan fingerprint density at radius 1 is 1.48 bits per heavy atom. The summed E-state index contributed by atoms with van der Waals surface area (Å²) in [6, 6.07) is 7.75. The quantitative estimate of drug-likeness (QED) is 0.825. The smallest absolute Gasteiger partial charge is 0.345 e. The summed E-state index contributed by atoms with van der Waals surface area (Å²) in [4.78, 5) is 11.9. The molecule has 0 bridgehead atoms. The van der Waals surface area contributed by atoms with E-state index in [-0.39, 0.29) is 11.4 Å². The van der Waals surface area contributed by atoms with Crippen molar-refractivity contribution in [1.82, 2.24) is 9.78 Å². The van der Waals surface area contributed by atoms with Crippen LogP contribution < -0.4 is 11.1 Å². The number of rotatable bonds is 5. The molecule has 6 nitrogen and oxygen atoms in total. The molecular weight excluding hydrogens is 268 g/mol. The number of nitrogen functional groups attached to an aromatic ring is 1. The Morgan fingerprint density at radius 2 is 2.24 bits per heavy atom. The molecule has 2 rings (SSSR count). The van der Waals surface area contributed by atoms with E-state index in [1.807, 2.05) is 38.1 Å². The minimum Gasteiger partial charge on any atom is -0.465 e. The SMILES string of the molecule is CCCNc1nn(-c2cccc(C)c2)c(N)c1C(=O)OC. The van der Waals surface area contributed by atoms with E-state index in [1.54, 1.807) is 4.68 Å². The maximum atomic E-state index is 11.9. The van der Waals surface area contributed by atoms with E-state index in [0.29, 0.717) is 12.4 Å². The van der Waals surface area contributed by atoms with Gasteiger partial charge in [-0.05, 0) is 31.0 Å². The van der Waals surface area contributed by atoms with Crippen LogP contribution in [-0.4, -0.2) is 29.4 Å². The fourth-order valence-corrected chi connectivity index (χ4v) is 2.06. The Bertz CT molecular complexity index is 649. The first-order chi connectivity index (χ1) is 10.1. The lowest BCUT2D eigenvalue weighted by molar-refractivity contribution is 0.0603. The number of esters is 1. The molecule has 0 fully saturated rings. The average Bonchev–Trinajstić information content (AvgIpc) is 2.81. The number of hydrogen-bond acceptors (Lipinski definition) is 5. The van der Waals surface area contributed by atoms with Gasteiger partial charge >= 0.3 is 5.97 Å². The Labute approximate surface area is 123 Å². The highest BCUT2D eigenvalue weighted by atomic mass is 16.5. The molecule has 0 spiro atoms. The van der Waals surface area contributed by atoms with Crippen molar-refractivity contribution < 1.29 is 9.53 Å². The molecule has 2 aromatic rings. The van der Waals surface area contributed by atoms with E-state index in [2.05, 4.69) is 10.4 Å². The summed E-state index contributed by atoms with van der Waals surface area (Å²) in [5.74, 6) is 0.221. The van der Waals surface area contributed by atoms with Crippen LogP contribution in [0, 0.1) is 6.92 Å². The molecule has 6 heteroatoms. The van der Waals surface area contributed by atoms with Crippen molar-refractivity contribution in [3.05, 3.63) is 35.4 Å². The summed E-state index contributed by atoms with van der Waals surface area (Å²) in [6.07, 6.45) is 0.915. The van der Waals surface area contributed by atoms with Gasteiger partial charge in [0.15, 0.2) is 5.82 Å². The molecular formula is C15H20N4O2. The molecule has 0 atom stereocenters. The molecule has 3 N–H and O–H groups in total. The molecule has 0 amide bonds. The Morgan fingerprint density at radius 3 is 2.86 bits per heavy atom. The van der Waals surface area contributed by atoms with Gasteiger partial charge in [0, 0.05) is 6.54 Å². The van der Waals surface area contributed by atoms with Crippen molar-refractivity contribution in [3.8, 4) is 5.69 Å². The fourth-order valence-electron chi connectivity index (χ4n) is 2.06. The maximum Gasteiger partial charge on any atom is 0.345 e. The minimum atomic E-state index is -0.495. The molecule has 0 aliphatic rings. The molecule has 1 aromatic carbocycles. The minimum absolute atomic E-state index is 0.269. The number of benzene rings is 1. The molecule has 0 radical (unpaired) electrons. The van der Waals surface area contributed by atoms with E-state index in [4.69, 9.17) is 10.5 Å². The summed E-state index contributed by atoms with van der Waals surface area (Å²) >= 11 is 0. The van der Waals surface area contributed by atoms with Crippen LogP contribution in [0.15, 0.2) is 24.3 Å².